The number of aryl methyl sites for hydroxylation is 1. The fourth-order valence-electron chi connectivity index (χ4n) is 5.54. The van der Waals surface area contributed by atoms with Crippen molar-refractivity contribution in [2.24, 2.45) is 0 Å². The molecule has 8 nitrogen and oxygen atoms in total. The van der Waals surface area contributed by atoms with E-state index in [2.05, 4.69) is 55.7 Å². The van der Waals surface area contributed by atoms with Crippen LogP contribution in [0.2, 0.25) is 0 Å². The molecule has 1 saturated heterocycles. The number of carbonyl (C=O) groups excluding carboxylic acids is 1. The smallest absolute Gasteiger partial charge is 0.269 e. The second-order valence-corrected chi connectivity index (χ2v) is 9.70. The fourth-order valence-corrected chi connectivity index (χ4v) is 5.54. The summed E-state index contributed by atoms with van der Waals surface area (Å²) in [7, 11) is 1.60. The highest BCUT2D eigenvalue weighted by molar-refractivity contribution is 5.95. The van der Waals surface area contributed by atoms with Gasteiger partial charge in [0.05, 0.1) is 23.6 Å². The molecule has 9 heteroatoms. The van der Waals surface area contributed by atoms with Crippen LogP contribution in [-0.4, -0.2) is 68.8 Å². The molecule has 1 aromatic heterocycles. The first-order valence-corrected chi connectivity index (χ1v) is 12.8. The minimum Gasteiger partial charge on any atom is -0.485 e. The molecule has 3 aromatic rings. The molecule has 0 saturated carbocycles. The monoisotopic (exact) mass is 502 g/mol. The number of hydrogen-bond donors (Lipinski definition) is 2. The number of halogens is 1. The third kappa shape index (κ3) is 4.23. The first kappa shape index (κ1) is 23.5. The van der Waals surface area contributed by atoms with E-state index in [0.29, 0.717) is 30.1 Å². The highest BCUT2D eigenvalue weighted by Gasteiger charge is 2.34. The summed E-state index contributed by atoms with van der Waals surface area (Å²) < 4.78 is 21.0. The predicted molar refractivity (Wildman–Crippen MR) is 142 cm³/mol. The number of likely N-dealkylation sites (N-methyl/N-ethyl adjacent to an activating group) is 1. The number of pyridine rings is 1. The van der Waals surface area contributed by atoms with Gasteiger partial charge in [-0.25, -0.2) is 4.39 Å². The van der Waals surface area contributed by atoms with Gasteiger partial charge in [-0.05, 0) is 49.7 Å². The van der Waals surface area contributed by atoms with Gasteiger partial charge in [0.15, 0.2) is 0 Å². The van der Waals surface area contributed by atoms with Crippen molar-refractivity contribution in [3.05, 3.63) is 70.9 Å². The lowest BCUT2D eigenvalue weighted by Gasteiger charge is -2.37. The van der Waals surface area contributed by atoms with Crippen LogP contribution in [0.25, 0.3) is 10.9 Å². The Balaban J connectivity index is 1.14. The number of aromatic nitrogens is 1. The molecular formula is C28H31FN6O2. The van der Waals surface area contributed by atoms with E-state index in [-0.39, 0.29) is 18.3 Å². The molecule has 1 fully saturated rings. The van der Waals surface area contributed by atoms with Crippen LogP contribution in [0.1, 0.15) is 11.3 Å². The summed E-state index contributed by atoms with van der Waals surface area (Å²) in [5.41, 5.74) is 5.96. The van der Waals surface area contributed by atoms with E-state index in [1.807, 2.05) is 11.8 Å². The third-order valence-corrected chi connectivity index (χ3v) is 7.55. The Morgan fingerprint density at radius 2 is 1.95 bits per heavy atom. The number of carbonyl (C=O) groups is 1. The maximum Gasteiger partial charge on any atom is 0.269 e. The van der Waals surface area contributed by atoms with Crippen molar-refractivity contribution >= 4 is 28.2 Å². The van der Waals surface area contributed by atoms with E-state index in [4.69, 9.17) is 4.74 Å². The Bertz CT molecular complexity index is 1400. The second kappa shape index (κ2) is 9.55. The first-order chi connectivity index (χ1) is 18.0. The van der Waals surface area contributed by atoms with Crippen molar-refractivity contribution < 1.29 is 13.9 Å². The number of nitrogens with zero attached hydrogens (tertiary/aromatic N) is 4. The van der Waals surface area contributed by atoms with E-state index < -0.39 is 0 Å². The van der Waals surface area contributed by atoms with Crippen molar-refractivity contribution in [1.82, 2.24) is 20.5 Å². The summed E-state index contributed by atoms with van der Waals surface area (Å²) in [6.45, 7) is 7.11. The number of fused-ring (bicyclic) bond motifs is 4. The second-order valence-electron chi connectivity index (χ2n) is 9.70. The number of piperazine rings is 1. The topological polar surface area (TPSA) is 73.0 Å². The SMILES string of the molecule is CNC(=O)C1=C2COc3c(ccc(F)c3CCN3CCN(c4cccc5nc(C)ccc45)CC3)N2CN1. The van der Waals surface area contributed by atoms with Gasteiger partial charge in [-0.2, -0.15) is 0 Å². The first-order valence-electron chi connectivity index (χ1n) is 12.8. The molecule has 0 aliphatic carbocycles. The molecule has 2 aromatic carbocycles. The normalized spacial score (nSPS) is 17.4. The number of nitrogens with one attached hydrogen (secondary N) is 2. The van der Waals surface area contributed by atoms with Gasteiger partial charge in [-0.3, -0.25) is 14.7 Å². The lowest BCUT2D eigenvalue weighted by Crippen LogP contribution is -2.47. The molecule has 0 bridgehead atoms. The van der Waals surface area contributed by atoms with Crippen LogP contribution >= 0.6 is 0 Å². The van der Waals surface area contributed by atoms with E-state index >= 15 is 0 Å². The average Bonchev–Trinajstić information content (AvgIpc) is 3.36. The van der Waals surface area contributed by atoms with Crippen molar-refractivity contribution in [1.29, 1.82) is 0 Å². The molecule has 0 spiro atoms. The molecule has 4 heterocycles. The van der Waals surface area contributed by atoms with Gasteiger partial charge in [0.1, 0.15) is 23.9 Å². The van der Waals surface area contributed by atoms with Crippen LogP contribution in [0.15, 0.2) is 53.9 Å². The number of anilines is 2. The highest BCUT2D eigenvalue weighted by atomic mass is 19.1. The maximum atomic E-state index is 15.0. The summed E-state index contributed by atoms with van der Waals surface area (Å²) in [6, 6.07) is 13.8. The molecule has 3 aliphatic rings. The van der Waals surface area contributed by atoms with Crippen LogP contribution in [0, 0.1) is 12.7 Å². The maximum absolute atomic E-state index is 15.0. The number of ether oxygens (including phenoxy) is 1. The zero-order chi connectivity index (χ0) is 25.5. The molecule has 0 radical (unpaired) electrons. The standard InChI is InChI=1S/C28H31FN6O2/c1-18-6-7-20-22(32-18)4-3-5-23(20)34-14-12-33(13-15-34)11-10-19-21(29)8-9-24-27(19)37-16-25-26(28(36)30-2)31-17-35(24)25/h3-9,31H,10-17H2,1-2H3,(H,30,36). The van der Waals surface area contributed by atoms with Gasteiger partial charge in [-0.1, -0.05) is 6.07 Å². The minimum atomic E-state index is -0.248. The molecule has 6 rings (SSSR count). The summed E-state index contributed by atoms with van der Waals surface area (Å²) in [5, 5.41) is 6.98. The highest BCUT2D eigenvalue weighted by Crippen LogP contribution is 2.41. The van der Waals surface area contributed by atoms with Crippen LogP contribution in [0.3, 0.4) is 0 Å². The Morgan fingerprint density at radius 3 is 2.76 bits per heavy atom. The molecule has 3 aliphatic heterocycles. The van der Waals surface area contributed by atoms with Gasteiger partial charge in [0.2, 0.25) is 0 Å². The molecule has 37 heavy (non-hydrogen) atoms. The van der Waals surface area contributed by atoms with E-state index in [0.717, 1.165) is 55.3 Å². The Hall–Kier alpha value is -3.85. The predicted octanol–water partition coefficient (Wildman–Crippen LogP) is 2.76. The Kier molecular flexibility index (Phi) is 6.08. The van der Waals surface area contributed by atoms with Gasteiger partial charge < -0.3 is 25.2 Å². The summed E-state index contributed by atoms with van der Waals surface area (Å²) in [6.07, 6.45) is 0.565. The molecule has 0 unspecified atom stereocenters. The average molecular weight is 503 g/mol. The zero-order valence-electron chi connectivity index (χ0n) is 21.2. The Morgan fingerprint density at radius 1 is 1.11 bits per heavy atom. The Labute approximate surface area is 215 Å². The van der Waals surface area contributed by atoms with Gasteiger partial charge in [0, 0.05) is 62.1 Å². The molecular weight excluding hydrogens is 471 g/mol. The fraction of sp³-hybridized carbons (Fsp3) is 0.357. The lowest BCUT2D eigenvalue weighted by molar-refractivity contribution is -0.117. The molecule has 1 amide bonds. The van der Waals surface area contributed by atoms with Crippen LogP contribution in [0.5, 0.6) is 5.75 Å². The van der Waals surface area contributed by atoms with Crippen molar-refractivity contribution in [2.75, 3.05) is 62.8 Å². The lowest BCUT2D eigenvalue weighted by atomic mass is 10.1. The number of hydrogen-bond acceptors (Lipinski definition) is 7. The number of amides is 1. The van der Waals surface area contributed by atoms with Gasteiger partial charge in [0.25, 0.3) is 5.91 Å². The molecule has 192 valence electrons. The van der Waals surface area contributed by atoms with Crippen molar-refractivity contribution in [3.63, 3.8) is 0 Å². The number of rotatable bonds is 5. The summed E-state index contributed by atoms with van der Waals surface area (Å²) in [4.78, 5) is 23.7. The van der Waals surface area contributed by atoms with E-state index in [1.54, 1.807) is 13.1 Å². The van der Waals surface area contributed by atoms with E-state index in [9.17, 15) is 9.18 Å². The van der Waals surface area contributed by atoms with Crippen molar-refractivity contribution in [2.45, 2.75) is 13.3 Å². The van der Waals surface area contributed by atoms with Crippen LogP contribution in [-0.2, 0) is 11.2 Å². The summed E-state index contributed by atoms with van der Waals surface area (Å²) >= 11 is 0. The van der Waals surface area contributed by atoms with Gasteiger partial charge >= 0.3 is 0 Å². The van der Waals surface area contributed by atoms with Crippen molar-refractivity contribution in [3.8, 4) is 5.75 Å². The van der Waals surface area contributed by atoms with Crippen LogP contribution < -0.4 is 25.2 Å². The van der Waals surface area contributed by atoms with Crippen LogP contribution in [0.4, 0.5) is 15.8 Å². The molecule has 2 N–H and O–H groups in total. The minimum absolute atomic E-state index is 0.180. The quantitative estimate of drug-likeness (QED) is 0.556. The molecule has 0 atom stereocenters. The largest absolute Gasteiger partial charge is 0.485 e. The summed E-state index contributed by atoms with van der Waals surface area (Å²) in [5.74, 6) is 0.156. The third-order valence-electron chi connectivity index (χ3n) is 7.55. The van der Waals surface area contributed by atoms with E-state index in [1.165, 1.54) is 17.1 Å². The number of benzene rings is 2. The zero-order valence-corrected chi connectivity index (χ0v) is 21.2. The van der Waals surface area contributed by atoms with Gasteiger partial charge in [-0.15, -0.1) is 0 Å².